The number of hydrazone groups is 1. The van der Waals surface area contributed by atoms with E-state index in [2.05, 4.69) is 5.10 Å². The van der Waals surface area contributed by atoms with Crippen molar-refractivity contribution in [2.24, 2.45) is 5.10 Å². The molecule has 0 radical (unpaired) electrons. The molecule has 0 bridgehead atoms. The highest BCUT2D eigenvalue weighted by molar-refractivity contribution is 6.05. The van der Waals surface area contributed by atoms with E-state index in [9.17, 15) is 14.0 Å². The van der Waals surface area contributed by atoms with Crippen LogP contribution in [0, 0.1) is 5.82 Å². The standard InChI is InChI=1S/C27H28FN3O6/c1-34-14-12-30(27(33)24-5-4-13-37-24)17-26(32)31-23(18-6-8-19(28)9-7-18)16-22(29-31)21-11-10-20(35-2)15-25(21)36-3/h4-11,13,15,23H,12,14,16-17H2,1-3H3/t23-/m1/s1. The third-order valence-corrected chi connectivity index (χ3v) is 6.05. The summed E-state index contributed by atoms with van der Waals surface area (Å²) in [6.45, 7) is 0.162. The van der Waals surface area contributed by atoms with Gasteiger partial charge >= 0.3 is 0 Å². The first-order chi connectivity index (χ1) is 17.9. The van der Waals surface area contributed by atoms with Gasteiger partial charge in [0.2, 0.25) is 0 Å². The highest BCUT2D eigenvalue weighted by Gasteiger charge is 2.35. The zero-order valence-electron chi connectivity index (χ0n) is 20.8. The van der Waals surface area contributed by atoms with Crippen molar-refractivity contribution in [2.45, 2.75) is 12.5 Å². The second kappa shape index (κ2) is 11.7. The summed E-state index contributed by atoms with van der Waals surface area (Å²) in [5.41, 5.74) is 2.03. The Morgan fingerprint density at radius 2 is 1.89 bits per heavy atom. The number of carbonyl (C=O) groups excluding carboxylic acids is 2. The molecule has 0 spiro atoms. The largest absolute Gasteiger partial charge is 0.497 e. The fourth-order valence-corrected chi connectivity index (χ4v) is 4.13. The lowest BCUT2D eigenvalue weighted by Crippen LogP contribution is -2.42. The molecule has 2 amide bonds. The Morgan fingerprint density at radius 3 is 2.54 bits per heavy atom. The maximum atomic E-state index is 13.7. The van der Waals surface area contributed by atoms with Crippen molar-refractivity contribution >= 4 is 17.5 Å². The summed E-state index contributed by atoms with van der Waals surface area (Å²) in [6.07, 6.45) is 1.76. The molecule has 0 fully saturated rings. The minimum atomic E-state index is -0.502. The smallest absolute Gasteiger partial charge is 0.290 e. The van der Waals surface area contributed by atoms with Crippen molar-refractivity contribution in [1.29, 1.82) is 0 Å². The number of furan rings is 1. The molecule has 0 unspecified atom stereocenters. The van der Waals surface area contributed by atoms with Gasteiger partial charge in [-0.15, -0.1) is 0 Å². The van der Waals surface area contributed by atoms with Crippen LogP contribution in [0.3, 0.4) is 0 Å². The van der Waals surface area contributed by atoms with E-state index in [1.807, 2.05) is 6.07 Å². The number of hydrogen-bond acceptors (Lipinski definition) is 7. The highest BCUT2D eigenvalue weighted by atomic mass is 19.1. The normalized spacial score (nSPS) is 14.9. The van der Waals surface area contributed by atoms with Crippen LogP contribution in [-0.2, 0) is 9.53 Å². The van der Waals surface area contributed by atoms with Gasteiger partial charge in [-0.25, -0.2) is 9.40 Å². The minimum Gasteiger partial charge on any atom is -0.497 e. The number of rotatable bonds is 10. The van der Waals surface area contributed by atoms with Gasteiger partial charge in [-0.2, -0.15) is 5.10 Å². The molecule has 3 aromatic rings. The monoisotopic (exact) mass is 509 g/mol. The molecule has 194 valence electrons. The number of nitrogens with zero attached hydrogens (tertiary/aromatic N) is 3. The van der Waals surface area contributed by atoms with Crippen molar-refractivity contribution in [2.75, 3.05) is 41.0 Å². The maximum Gasteiger partial charge on any atom is 0.290 e. The molecular weight excluding hydrogens is 481 g/mol. The molecule has 9 nitrogen and oxygen atoms in total. The average molecular weight is 510 g/mol. The summed E-state index contributed by atoms with van der Waals surface area (Å²) in [7, 11) is 4.62. The Labute approximate surface area is 214 Å². The zero-order chi connectivity index (χ0) is 26.4. The number of methoxy groups -OCH3 is 3. The number of carbonyl (C=O) groups is 2. The van der Waals surface area contributed by atoms with Crippen molar-refractivity contribution in [1.82, 2.24) is 9.91 Å². The predicted molar refractivity (Wildman–Crippen MR) is 133 cm³/mol. The first-order valence-corrected chi connectivity index (χ1v) is 11.6. The van der Waals surface area contributed by atoms with Gasteiger partial charge in [-0.3, -0.25) is 9.59 Å². The van der Waals surface area contributed by atoms with E-state index in [-0.39, 0.29) is 31.3 Å². The van der Waals surface area contributed by atoms with Crippen LogP contribution in [0.5, 0.6) is 11.5 Å². The van der Waals surface area contributed by atoms with Crippen LogP contribution >= 0.6 is 0 Å². The lowest BCUT2D eigenvalue weighted by Gasteiger charge is -2.26. The Hall–Kier alpha value is -4.18. The van der Waals surface area contributed by atoms with Crippen LogP contribution in [-0.4, -0.2) is 68.5 Å². The van der Waals surface area contributed by atoms with Crippen LogP contribution in [0.2, 0.25) is 0 Å². The van der Waals surface area contributed by atoms with Crippen molar-refractivity contribution in [3.63, 3.8) is 0 Å². The summed E-state index contributed by atoms with van der Waals surface area (Å²) in [4.78, 5) is 27.9. The summed E-state index contributed by atoms with van der Waals surface area (Å²) >= 11 is 0. The van der Waals surface area contributed by atoms with Crippen molar-refractivity contribution in [3.05, 3.63) is 83.6 Å². The van der Waals surface area contributed by atoms with E-state index in [1.165, 1.54) is 41.5 Å². The van der Waals surface area contributed by atoms with Crippen molar-refractivity contribution in [3.8, 4) is 11.5 Å². The first kappa shape index (κ1) is 25.9. The van der Waals surface area contributed by atoms with Gasteiger partial charge in [-0.1, -0.05) is 12.1 Å². The van der Waals surface area contributed by atoms with Gasteiger partial charge in [0, 0.05) is 31.7 Å². The van der Waals surface area contributed by atoms with E-state index < -0.39 is 17.9 Å². The van der Waals surface area contributed by atoms with E-state index in [0.29, 0.717) is 34.8 Å². The number of hydrogen-bond donors (Lipinski definition) is 0. The molecule has 4 rings (SSSR count). The number of ether oxygens (including phenoxy) is 3. The Bertz CT molecular complexity index is 1260. The summed E-state index contributed by atoms with van der Waals surface area (Å²) < 4.78 is 34.9. The fraction of sp³-hybridized carbons (Fsp3) is 0.296. The van der Waals surface area contributed by atoms with Gasteiger partial charge in [-0.05, 0) is 42.0 Å². The van der Waals surface area contributed by atoms with Crippen LogP contribution in [0.1, 0.15) is 34.1 Å². The second-order valence-corrected chi connectivity index (χ2v) is 8.32. The molecule has 0 aliphatic carbocycles. The zero-order valence-corrected chi connectivity index (χ0v) is 20.8. The Balaban J connectivity index is 1.66. The van der Waals surface area contributed by atoms with Gasteiger partial charge in [0.15, 0.2) is 5.76 Å². The topological polar surface area (TPSA) is 93.8 Å². The van der Waals surface area contributed by atoms with Gasteiger partial charge in [0.1, 0.15) is 23.9 Å². The van der Waals surface area contributed by atoms with Gasteiger partial charge in [0.05, 0.1) is 38.8 Å². The van der Waals surface area contributed by atoms with E-state index >= 15 is 0 Å². The molecular formula is C27H28FN3O6. The quantitative estimate of drug-likeness (QED) is 0.412. The molecule has 1 aliphatic rings. The molecule has 2 heterocycles. The summed E-state index contributed by atoms with van der Waals surface area (Å²) in [6, 6.07) is 13.9. The van der Waals surface area contributed by atoms with Crippen LogP contribution in [0.15, 0.2) is 70.4 Å². The van der Waals surface area contributed by atoms with Gasteiger partial charge in [0.25, 0.3) is 11.8 Å². The van der Waals surface area contributed by atoms with Crippen LogP contribution < -0.4 is 9.47 Å². The third kappa shape index (κ3) is 5.80. The highest BCUT2D eigenvalue weighted by Crippen LogP contribution is 2.36. The molecule has 37 heavy (non-hydrogen) atoms. The summed E-state index contributed by atoms with van der Waals surface area (Å²) in [5, 5.41) is 6.00. The molecule has 10 heteroatoms. The van der Waals surface area contributed by atoms with E-state index in [1.54, 1.807) is 44.6 Å². The van der Waals surface area contributed by atoms with Crippen LogP contribution in [0.4, 0.5) is 4.39 Å². The Morgan fingerprint density at radius 1 is 1.11 bits per heavy atom. The number of amides is 2. The third-order valence-electron chi connectivity index (χ3n) is 6.05. The molecule has 0 saturated heterocycles. The number of halogens is 1. The number of benzene rings is 2. The first-order valence-electron chi connectivity index (χ1n) is 11.6. The SMILES string of the molecule is COCCN(CC(=O)N1N=C(c2ccc(OC)cc2OC)C[C@@H]1c1ccc(F)cc1)C(=O)c1ccco1. The van der Waals surface area contributed by atoms with Crippen molar-refractivity contribution < 1.29 is 32.6 Å². The predicted octanol–water partition coefficient (Wildman–Crippen LogP) is 3.90. The van der Waals surface area contributed by atoms with E-state index in [0.717, 1.165) is 0 Å². The lowest BCUT2D eigenvalue weighted by molar-refractivity contribution is -0.133. The molecule has 1 aromatic heterocycles. The molecule has 1 aliphatic heterocycles. The van der Waals surface area contributed by atoms with Crippen LogP contribution in [0.25, 0.3) is 0 Å². The average Bonchev–Trinajstić information content (AvgIpc) is 3.61. The lowest BCUT2D eigenvalue weighted by atomic mass is 9.97. The fourth-order valence-electron chi connectivity index (χ4n) is 4.13. The van der Waals surface area contributed by atoms with Gasteiger partial charge < -0.3 is 23.5 Å². The molecule has 1 atom stereocenters. The second-order valence-electron chi connectivity index (χ2n) is 8.32. The minimum absolute atomic E-state index is 0.118. The molecule has 0 N–H and O–H groups in total. The molecule has 0 saturated carbocycles. The maximum absolute atomic E-state index is 13.7. The Kier molecular flexibility index (Phi) is 8.19. The summed E-state index contributed by atoms with van der Waals surface area (Å²) in [5.74, 6) is 0.0501. The van der Waals surface area contributed by atoms with E-state index in [4.69, 9.17) is 18.6 Å². The molecule has 2 aromatic carbocycles.